The van der Waals surface area contributed by atoms with Gasteiger partial charge in [0, 0.05) is 24.7 Å². The van der Waals surface area contributed by atoms with E-state index in [9.17, 15) is 22.8 Å². The summed E-state index contributed by atoms with van der Waals surface area (Å²) in [5.74, 6) is -0.0701. The Labute approximate surface area is 190 Å². The number of ether oxygens (including phenoxy) is 1. The molecule has 0 bridgehead atoms. The van der Waals surface area contributed by atoms with Gasteiger partial charge in [-0.1, -0.05) is 29.8 Å². The third-order valence-electron chi connectivity index (χ3n) is 5.36. The van der Waals surface area contributed by atoms with Crippen molar-refractivity contribution in [1.82, 2.24) is 18.7 Å². The molecular weight excluding hydrogens is 461 g/mol. The van der Waals surface area contributed by atoms with Gasteiger partial charge in [0.05, 0.1) is 12.1 Å². The van der Waals surface area contributed by atoms with Gasteiger partial charge in [-0.3, -0.25) is 18.5 Å². The maximum atomic E-state index is 13.4. The van der Waals surface area contributed by atoms with Gasteiger partial charge in [-0.15, -0.1) is 0 Å². The highest BCUT2D eigenvalue weighted by Crippen LogP contribution is 2.37. The summed E-state index contributed by atoms with van der Waals surface area (Å²) in [6.45, 7) is 1.40. The molecule has 11 heteroatoms. The van der Waals surface area contributed by atoms with Crippen molar-refractivity contribution >= 4 is 22.8 Å². The van der Waals surface area contributed by atoms with Gasteiger partial charge in [-0.25, -0.2) is 4.79 Å². The molecular formula is C22H18ClF3N4O3. The molecule has 0 aliphatic heterocycles. The van der Waals surface area contributed by atoms with Crippen LogP contribution in [-0.2, 0) is 26.8 Å². The second-order valence-corrected chi connectivity index (χ2v) is 7.95. The lowest BCUT2D eigenvalue weighted by Crippen LogP contribution is -2.37. The molecule has 33 heavy (non-hydrogen) atoms. The van der Waals surface area contributed by atoms with Crippen LogP contribution in [-0.4, -0.2) is 18.7 Å². The fourth-order valence-electron chi connectivity index (χ4n) is 3.55. The lowest BCUT2D eigenvalue weighted by atomic mass is 10.1. The molecule has 0 saturated heterocycles. The number of benzene rings is 2. The fourth-order valence-corrected chi connectivity index (χ4v) is 3.68. The molecule has 7 nitrogen and oxygen atoms in total. The van der Waals surface area contributed by atoms with E-state index in [2.05, 4.69) is 4.98 Å². The first-order chi connectivity index (χ1) is 15.5. The second-order valence-electron chi connectivity index (χ2n) is 7.51. The maximum Gasteiger partial charge on any atom is 0.416 e. The number of alkyl halides is 3. The largest absolute Gasteiger partial charge is 0.425 e. The van der Waals surface area contributed by atoms with E-state index in [0.29, 0.717) is 5.02 Å². The van der Waals surface area contributed by atoms with Gasteiger partial charge in [0.1, 0.15) is 5.75 Å². The first-order valence-electron chi connectivity index (χ1n) is 9.74. The van der Waals surface area contributed by atoms with Crippen molar-refractivity contribution in [3.63, 3.8) is 0 Å². The third kappa shape index (κ3) is 4.02. The number of fused-ring (bicyclic) bond motifs is 1. The zero-order valence-corrected chi connectivity index (χ0v) is 18.5. The molecule has 0 saturated carbocycles. The number of hydrogen-bond donors (Lipinski definition) is 0. The van der Waals surface area contributed by atoms with Crippen LogP contribution in [0, 0.1) is 6.92 Å². The Hall–Kier alpha value is -3.53. The lowest BCUT2D eigenvalue weighted by Gasteiger charge is -2.15. The number of rotatable bonds is 4. The molecule has 0 aliphatic rings. The minimum Gasteiger partial charge on any atom is -0.425 e. The molecule has 0 atom stereocenters. The monoisotopic (exact) mass is 478 g/mol. The van der Waals surface area contributed by atoms with Crippen LogP contribution in [0.3, 0.4) is 0 Å². The van der Waals surface area contributed by atoms with Crippen molar-refractivity contribution in [3.8, 4) is 11.8 Å². The Morgan fingerprint density at radius 2 is 1.70 bits per heavy atom. The van der Waals surface area contributed by atoms with E-state index >= 15 is 0 Å². The molecule has 2 aromatic heterocycles. The summed E-state index contributed by atoms with van der Waals surface area (Å²) in [5.41, 5.74) is -1.30. The van der Waals surface area contributed by atoms with E-state index in [1.165, 1.54) is 42.3 Å². The van der Waals surface area contributed by atoms with Crippen molar-refractivity contribution in [1.29, 1.82) is 0 Å². The topological polar surface area (TPSA) is 71.1 Å². The first kappa shape index (κ1) is 22.7. The summed E-state index contributed by atoms with van der Waals surface area (Å²) in [6, 6.07) is 10.3. The Morgan fingerprint density at radius 3 is 2.33 bits per heavy atom. The van der Waals surface area contributed by atoms with Gasteiger partial charge < -0.3 is 4.74 Å². The van der Waals surface area contributed by atoms with Crippen LogP contribution >= 0.6 is 11.6 Å². The van der Waals surface area contributed by atoms with Crippen molar-refractivity contribution < 1.29 is 17.9 Å². The van der Waals surface area contributed by atoms with E-state index in [4.69, 9.17) is 16.3 Å². The second kappa shape index (κ2) is 8.11. The van der Waals surface area contributed by atoms with Crippen LogP contribution in [0.5, 0.6) is 11.8 Å². The Bertz CT molecular complexity index is 1480. The number of imidazole rings is 1. The molecule has 4 aromatic rings. The average molecular weight is 479 g/mol. The average Bonchev–Trinajstić information content (AvgIpc) is 3.11. The fraction of sp³-hybridized carbons (Fsp3) is 0.227. The molecule has 0 fully saturated rings. The molecule has 0 spiro atoms. The number of hydrogen-bond acceptors (Lipinski definition) is 4. The standard InChI is InChI=1S/C22H18ClF3N4O3/c1-12-15(22(24,25)26)5-4-6-16(12)33-20-27-18-17(19(31)29(3)21(32)28(18)2)30(20)11-13-7-9-14(23)10-8-13/h4-10H,11H2,1-3H3. The Kier molecular flexibility index (Phi) is 5.57. The molecule has 4 rings (SSSR count). The summed E-state index contributed by atoms with van der Waals surface area (Å²) in [5, 5.41) is 0.517. The minimum atomic E-state index is -4.56. The predicted octanol–water partition coefficient (Wildman–Crippen LogP) is 4.25. The van der Waals surface area contributed by atoms with Crippen molar-refractivity contribution in [2.24, 2.45) is 14.1 Å². The molecule has 0 amide bonds. The Balaban J connectivity index is 1.94. The van der Waals surface area contributed by atoms with Gasteiger partial charge in [0.2, 0.25) is 0 Å². The first-order valence-corrected chi connectivity index (χ1v) is 10.1. The van der Waals surface area contributed by atoms with Gasteiger partial charge in [-0.05, 0) is 36.8 Å². The molecule has 2 aromatic carbocycles. The van der Waals surface area contributed by atoms with E-state index in [1.54, 1.807) is 24.3 Å². The lowest BCUT2D eigenvalue weighted by molar-refractivity contribution is -0.138. The number of aryl methyl sites for hydroxylation is 1. The van der Waals surface area contributed by atoms with Crippen molar-refractivity contribution in [2.75, 3.05) is 0 Å². The van der Waals surface area contributed by atoms with Crippen molar-refractivity contribution in [3.05, 3.63) is 85.0 Å². The molecule has 0 aliphatic carbocycles. The summed E-state index contributed by atoms with van der Waals surface area (Å²) < 4.78 is 49.4. The Morgan fingerprint density at radius 1 is 1.03 bits per heavy atom. The molecule has 0 unspecified atom stereocenters. The van der Waals surface area contributed by atoms with Crippen LogP contribution in [0.4, 0.5) is 13.2 Å². The minimum absolute atomic E-state index is 0.0525. The molecule has 172 valence electrons. The van der Waals surface area contributed by atoms with Gasteiger partial charge in [-0.2, -0.15) is 18.2 Å². The van der Waals surface area contributed by atoms with Crippen molar-refractivity contribution in [2.45, 2.75) is 19.6 Å². The van der Waals surface area contributed by atoms with E-state index in [0.717, 1.165) is 16.2 Å². The van der Waals surface area contributed by atoms with Crippen LogP contribution in [0.15, 0.2) is 52.1 Å². The van der Waals surface area contributed by atoms with E-state index in [-0.39, 0.29) is 35.0 Å². The normalized spacial score (nSPS) is 11.8. The van der Waals surface area contributed by atoms with Crippen LogP contribution < -0.4 is 16.0 Å². The predicted molar refractivity (Wildman–Crippen MR) is 117 cm³/mol. The SMILES string of the molecule is Cc1c(Oc2nc3c(c(=O)n(C)c(=O)n3C)n2Cc2ccc(Cl)cc2)cccc1C(F)(F)F. The summed E-state index contributed by atoms with van der Waals surface area (Å²) in [4.78, 5) is 29.6. The van der Waals surface area contributed by atoms with E-state index in [1.807, 2.05) is 0 Å². The summed E-state index contributed by atoms with van der Waals surface area (Å²) in [6.07, 6.45) is -4.56. The summed E-state index contributed by atoms with van der Waals surface area (Å²) in [7, 11) is 2.78. The zero-order valence-electron chi connectivity index (χ0n) is 17.8. The number of halogens is 4. The number of nitrogens with zero attached hydrogens (tertiary/aromatic N) is 4. The van der Waals surface area contributed by atoms with E-state index < -0.39 is 23.0 Å². The zero-order chi connectivity index (χ0) is 24.1. The van der Waals surface area contributed by atoms with Gasteiger partial charge in [0.25, 0.3) is 5.56 Å². The number of aromatic nitrogens is 4. The molecule has 0 N–H and O–H groups in total. The quantitative estimate of drug-likeness (QED) is 0.439. The van der Waals surface area contributed by atoms with Gasteiger partial charge >= 0.3 is 17.9 Å². The van der Waals surface area contributed by atoms with Crippen LogP contribution in [0.1, 0.15) is 16.7 Å². The van der Waals surface area contributed by atoms with Crippen LogP contribution in [0.2, 0.25) is 5.02 Å². The highest BCUT2D eigenvalue weighted by atomic mass is 35.5. The highest BCUT2D eigenvalue weighted by molar-refractivity contribution is 6.30. The summed E-state index contributed by atoms with van der Waals surface area (Å²) >= 11 is 5.95. The smallest absolute Gasteiger partial charge is 0.416 e. The third-order valence-corrected chi connectivity index (χ3v) is 5.61. The maximum absolute atomic E-state index is 13.4. The molecule has 2 heterocycles. The molecule has 0 radical (unpaired) electrons. The van der Waals surface area contributed by atoms with Gasteiger partial charge in [0.15, 0.2) is 11.2 Å². The van der Waals surface area contributed by atoms with Crippen LogP contribution in [0.25, 0.3) is 11.2 Å². The highest BCUT2D eigenvalue weighted by Gasteiger charge is 2.33.